The van der Waals surface area contributed by atoms with E-state index in [1.807, 2.05) is 0 Å². The second-order valence-corrected chi connectivity index (χ2v) is 3.09. The molecule has 1 heteroatoms. The lowest BCUT2D eigenvalue weighted by atomic mass is 9.94. The number of nitriles is 1. The first-order chi connectivity index (χ1) is 6.71. The monoisotopic (exact) mass is 187 g/mol. The quantitative estimate of drug-likeness (QED) is 0.474. The second kappa shape index (κ2) is 6.91. The summed E-state index contributed by atoms with van der Waals surface area (Å²) < 4.78 is 0. The first-order valence-corrected chi connectivity index (χ1v) is 4.77. The summed E-state index contributed by atoms with van der Waals surface area (Å²) in [7, 11) is 0. The van der Waals surface area contributed by atoms with Crippen molar-refractivity contribution in [3.8, 4) is 6.07 Å². The third-order valence-electron chi connectivity index (χ3n) is 2.19. The summed E-state index contributed by atoms with van der Waals surface area (Å²) in [5.74, 6) is 0.372. The molecule has 0 N–H and O–H groups in total. The van der Waals surface area contributed by atoms with Crippen LogP contribution in [0.1, 0.15) is 20.3 Å². The van der Waals surface area contributed by atoms with E-state index in [-0.39, 0.29) is 0 Å². The fourth-order valence-electron chi connectivity index (χ4n) is 1.16. The van der Waals surface area contributed by atoms with E-state index in [9.17, 15) is 0 Å². The second-order valence-electron chi connectivity index (χ2n) is 3.09. The largest absolute Gasteiger partial charge is 0.192 e. The van der Waals surface area contributed by atoms with Crippen molar-refractivity contribution >= 4 is 0 Å². The maximum atomic E-state index is 8.96. The van der Waals surface area contributed by atoms with Gasteiger partial charge in [-0.05, 0) is 24.0 Å². The molecule has 0 bridgehead atoms. The zero-order chi connectivity index (χ0) is 11.0. The van der Waals surface area contributed by atoms with Gasteiger partial charge in [-0.15, -0.1) is 0 Å². The van der Waals surface area contributed by atoms with E-state index >= 15 is 0 Å². The summed E-state index contributed by atoms with van der Waals surface area (Å²) in [5, 5.41) is 8.96. The molecular formula is C13H17N. The van der Waals surface area contributed by atoms with Crippen molar-refractivity contribution in [2.24, 2.45) is 5.92 Å². The Kier molecular flexibility index (Phi) is 6.15. The van der Waals surface area contributed by atoms with Crippen molar-refractivity contribution in [3.63, 3.8) is 0 Å². The number of allylic oxidation sites excluding steroid dienone is 6. The summed E-state index contributed by atoms with van der Waals surface area (Å²) in [4.78, 5) is 0. The van der Waals surface area contributed by atoms with Crippen molar-refractivity contribution < 1.29 is 0 Å². The summed E-state index contributed by atoms with van der Waals surface area (Å²) in [6.45, 7) is 11.5. The predicted molar refractivity (Wildman–Crippen MR) is 61.6 cm³/mol. The Morgan fingerprint density at radius 3 is 2.50 bits per heavy atom. The van der Waals surface area contributed by atoms with Crippen LogP contribution < -0.4 is 0 Å². The molecule has 1 unspecified atom stereocenters. The molecule has 0 radical (unpaired) electrons. The van der Waals surface area contributed by atoms with Gasteiger partial charge in [0.15, 0.2) is 0 Å². The van der Waals surface area contributed by atoms with E-state index in [2.05, 4.69) is 33.1 Å². The first-order valence-electron chi connectivity index (χ1n) is 4.77. The van der Waals surface area contributed by atoms with Crippen LogP contribution in [0.5, 0.6) is 0 Å². The van der Waals surface area contributed by atoms with Crippen LogP contribution in [0, 0.1) is 17.2 Å². The molecule has 0 aliphatic rings. The molecule has 0 spiro atoms. The average Bonchev–Trinajstić information content (AvgIpc) is 2.23. The normalized spacial score (nSPS) is 14.4. The van der Waals surface area contributed by atoms with Gasteiger partial charge in [0.2, 0.25) is 0 Å². The number of hydrogen-bond acceptors (Lipinski definition) is 1. The van der Waals surface area contributed by atoms with Gasteiger partial charge in [0.25, 0.3) is 0 Å². The Bertz CT molecular complexity index is 300. The van der Waals surface area contributed by atoms with E-state index in [0.717, 1.165) is 12.0 Å². The Morgan fingerprint density at radius 1 is 1.50 bits per heavy atom. The molecule has 0 aromatic carbocycles. The minimum atomic E-state index is 0.372. The minimum Gasteiger partial charge on any atom is -0.192 e. The first kappa shape index (κ1) is 12.4. The standard InChI is InChI=1S/C13H17N/c1-5-8-9-12(10-14)13(7-3)11(4)6-2/h5,7-9,11H,1,3,6H2,2,4H3/b9-8-,13-12-. The Balaban J connectivity index is 5.13. The SMILES string of the molecule is C=C/C=C\C(C#N)=C(/C=C)C(C)CC. The molecule has 0 aromatic heterocycles. The highest BCUT2D eigenvalue weighted by molar-refractivity contribution is 5.43. The molecule has 74 valence electrons. The molecule has 0 fully saturated rings. The average molecular weight is 187 g/mol. The zero-order valence-electron chi connectivity index (χ0n) is 8.96. The summed E-state index contributed by atoms with van der Waals surface area (Å²) in [6, 6.07) is 2.18. The maximum absolute atomic E-state index is 8.96. The molecule has 0 heterocycles. The van der Waals surface area contributed by atoms with E-state index < -0.39 is 0 Å². The number of nitrogens with zero attached hydrogens (tertiary/aromatic N) is 1. The topological polar surface area (TPSA) is 23.8 Å². The third kappa shape index (κ3) is 3.45. The molecule has 0 aliphatic carbocycles. The minimum absolute atomic E-state index is 0.372. The van der Waals surface area contributed by atoms with Crippen LogP contribution in [0.4, 0.5) is 0 Å². The van der Waals surface area contributed by atoms with Crippen molar-refractivity contribution in [2.75, 3.05) is 0 Å². The molecule has 1 atom stereocenters. The van der Waals surface area contributed by atoms with Gasteiger partial charge in [-0.25, -0.2) is 0 Å². The lowest BCUT2D eigenvalue weighted by Gasteiger charge is -2.10. The van der Waals surface area contributed by atoms with Crippen molar-refractivity contribution in [1.29, 1.82) is 5.26 Å². The highest BCUT2D eigenvalue weighted by atomic mass is 14.3. The highest BCUT2D eigenvalue weighted by Crippen LogP contribution is 2.19. The molecule has 0 aliphatic heterocycles. The number of hydrogen-bond donors (Lipinski definition) is 0. The molecule has 0 aromatic rings. The Morgan fingerprint density at radius 2 is 2.14 bits per heavy atom. The van der Waals surface area contributed by atoms with Crippen molar-refractivity contribution in [1.82, 2.24) is 0 Å². The lowest BCUT2D eigenvalue weighted by Crippen LogP contribution is -1.97. The van der Waals surface area contributed by atoms with Crippen molar-refractivity contribution in [3.05, 3.63) is 48.6 Å². The van der Waals surface area contributed by atoms with Crippen LogP contribution in [0.15, 0.2) is 48.6 Å². The molecule has 0 saturated heterocycles. The molecule has 0 rings (SSSR count). The van der Waals surface area contributed by atoms with Crippen molar-refractivity contribution in [2.45, 2.75) is 20.3 Å². The van der Waals surface area contributed by atoms with Gasteiger partial charge in [0, 0.05) is 0 Å². The summed E-state index contributed by atoms with van der Waals surface area (Å²) in [5.41, 5.74) is 1.68. The smallest absolute Gasteiger partial charge is 0.0994 e. The predicted octanol–water partition coefficient (Wildman–Crippen LogP) is 3.78. The van der Waals surface area contributed by atoms with Crippen LogP contribution in [0.25, 0.3) is 0 Å². The lowest BCUT2D eigenvalue weighted by molar-refractivity contribution is 0.668. The summed E-state index contributed by atoms with van der Waals surface area (Å²) in [6.07, 6.45) is 7.98. The van der Waals surface area contributed by atoms with E-state index in [1.165, 1.54) is 0 Å². The van der Waals surface area contributed by atoms with Gasteiger partial charge in [-0.1, -0.05) is 45.2 Å². The van der Waals surface area contributed by atoms with Gasteiger partial charge in [-0.2, -0.15) is 5.26 Å². The molecular weight excluding hydrogens is 170 g/mol. The number of rotatable bonds is 5. The van der Waals surface area contributed by atoms with E-state index in [4.69, 9.17) is 5.26 Å². The highest BCUT2D eigenvalue weighted by Gasteiger charge is 2.07. The molecule has 0 amide bonds. The van der Waals surface area contributed by atoms with E-state index in [0.29, 0.717) is 11.5 Å². The zero-order valence-corrected chi connectivity index (χ0v) is 8.96. The van der Waals surface area contributed by atoms with Crippen LogP contribution >= 0.6 is 0 Å². The Labute approximate surface area is 86.8 Å². The maximum Gasteiger partial charge on any atom is 0.0994 e. The van der Waals surface area contributed by atoms with Crippen LogP contribution in [-0.4, -0.2) is 0 Å². The van der Waals surface area contributed by atoms with Gasteiger partial charge in [0.05, 0.1) is 11.6 Å². The van der Waals surface area contributed by atoms with Crippen LogP contribution in [-0.2, 0) is 0 Å². The van der Waals surface area contributed by atoms with Gasteiger partial charge < -0.3 is 0 Å². The van der Waals surface area contributed by atoms with Crippen LogP contribution in [0.2, 0.25) is 0 Å². The molecule has 0 saturated carbocycles. The van der Waals surface area contributed by atoms with Gasteiger partial charge in [0.1, 0.15) is 0 Å². The van der Waals surface area contributed by atoms with E-state index in [1.54, 1.807) is 24.3 Å². The molecule has 14 heavy (non-hydrogen) atoms. The van der Waals surface area contributed by atoms with Gasteiger partial charge >= 0.3 is 0 Å². The fraction of sp³-hybridized carbons (Fsp3) is 0.308. The Hall–Kier alpha value is -1.55. The van der Waals surface area contributed by atoms with Crippen LogP contribution in [0.3, 0.4) is 0 Å². The molecule has 1 nitrogen and oxygen atoms in total. The third-order valence-corrected chi connectivity index (χ3v) is 2.19. The fourth-order valence-corrected chi connectivity index (χ4v) is 1.16. The summed E-state index contributed by atoms with van der Waals surface area (Å²) >= 11 is 0. The van der Waals surface area contributed by atoms with Gasteiger partial charge in [-0.3, -0.25) is 0 Å².